The van der Waals surface area contributed by atoms with Crippen LogP contribution in [0.4, 0.5) is 0 Å². The number of hydrogen-bond donors (Lipinski definition) is 2. The van der Waals surface area contributed by atoms with Crippen LogP contribution in [0, 0.1) is 11.3 Å². The van der Waals surface area contributed by atoms with E-state index in [2.05, 4.69) is 82.1 Å². The van der Waals surface area contributed by atoms with Crippen LogP contribution in [0.5, 0.6) is 0 Å². The molecule has 2 atom stereocenters. The van der Waals surface area contributed by atoms with Crippen molar-refractivity contribution in [2.45, 2.75) is 44.3 Å². The van der Waals surface area contributed by atoms with Gasteiger partial charge < -0.3 is 15.5 Å². The SMILES string of the molecule is CN1CCN(Cc2ccc(-c3ccc(C[C@@H](C#N)NC(=O)C4CCCCN4)cc3)cc2)CC1. The predicted octanol–water partition coefficient (Wildman–Crippen LogP) is 2.79. The number of piperazine rings is 1. The van der Waals surface area contributed by atoms with Crippen LogP contribution < -0.4 is 10.6 Å². The second-order valence-electron chi connectivity index (χ2n) is 9.37. The highest BCUT2D eigenvalue weighted by atomic mass is 16.2. The molecule has 2 saturated heterocycles. The van der Waals surface area contributed by atoms with Gasteiger partial charge in [-0.3, -0.25) is 9.69 Å². The zero-order valence-corrected chi connectivity index (χ0v) is 19.6. The molecule has 1 unspecified atom stereocenters. The number of carbonyl (C=O) groups excluding carboxylic acids is 1. The third kappa shape index (κ3) is 6.64. The van der Waals surface area contributed by atoms with Crippen LogP contribution in [0.3, 0.4) is 0 Å². The van der Waals surface area contributed by atoms with Gasteiger partial charge in [-0.2, -0.15) is 5.26 Å². The number of rotatable bonds is 7. The molecule has 0 aliphatic carbocycles. The van der Waals surface area contributed by atoms with Crippen LogP contribution >= 0.6 is 0 Å². The summed E-state index contributed by atoms with van der Waals surface area (Å²) in [6.45, 7) is 6.40. The van der Waals surface area contributed by atoms with Crippen molar-refractivity contribution in [2.24, 2.45) is 0 Å². The fourth-order valence-corrected chi connectivity index (χ4v) is 4.61. The summed E-state index contributed by atoms with van der Waals surface area (Å²) in [5, 5.41) is 15.7. The van der Waals surface area contributed by atoms with Crippen LogP contribution in [0.15, 0.2) is 48.5 Å². The molecule has 2 aromatic rings. The standard InChI is InChI=1S/C27H35N5O/c1-31-14-16-32(17-15-31)20-22-7-11-24(12-8-22)23-9-5-21(6-10-23)18-25(19-28)30-27(33)26-4-2-3-13-29-26/h5-12,25-26,29H,2-4,13-18,20H2,1H3,(H,30,33)/t25-,26?/m0/s1. The molecule has 174 valence electrons. The molecule has 1 amide bonds. The number of hydrogen-bond acceptors (Lipinski definition) is 5. The molecule has 0 radical (unpaired) electrons. The quantitative estimate of drug-likeness (QED) is 0.686. The lowest BCUT2D eigenvalue weighted by Crippen LogP contribution is -2.49. The van der Waals surface area contributed by atoms with Crippen LogP contribution in [0.25, 0.3) is 11.1 Å². The van der Waals surface area contributed by atoms with E-state index in [1.165, 1.54) is 11.1 Å². The Morgan fingerprint density at radius 3 is 2.24 bits per heavy atom. The van der Waals surface area contributed by atoms with Crippen molar-refractivity contribution in [3.05, 3.63) is 59.7 Å². The van der Waals surface area contributed by atoms with Crippen LogP contribution in [-0.2, 0) is 17.8 Å². The number of amides is 1. The van der Waals surface area contributed by atoms with Crippen molar-refractivity contribution < 1.29 is 4.79 Å². The first-order chi connectivity index (χ1) is 16.1. The third-order valence-electron chi connectivity index (χ3n) is 6.78. The molecule has 2 aliphatic heterocycles. The number of likely N-dealkylation sites (N-methyl/N-ethyl adjacent to an activating group) is 1. The Kier molecular flexibility index (Phi) is 8.11. The molecule has 6 heteroatoms. The second-order valence-corrected chi connectivity index (χ2v) is 9.37. The van der Waals surface area contributed by atoms with Crippen molar-refractivity contribution in [2.75, 3.05) is 39.8 Å². The van der Waals surface area contributed by atoms with E-state index in [0.717, 1.165) is 69.7 Å². The molecule has 6 nitrogen and oxygen atoms in total. The van der Waals surface area contributed by atoms with Gasteiger partial charge in [0, 0.05) is 39.1 Å². The van der Waals surface area contributed by atoms with Crippen molar-refractivity contribution in [1.82, 2.24) is 20.4 Å². The number of nitriles is 1. The average Bonchev–Trinajstić information content (AvgIpc) is 2.86. The minimum absolute atomic E-state index is 0.0606. The van der Waals surface area contributed by atoms with Gasteiger partial charge in [-0.25, -0.2) is 0 Å². The summed E-state index contributed by atoms with van der Waals surface area (Å²) in [5.74, 6) is -0.0606. The summed E-state index contributed by atoms with van der Waals surface area (Å²) < 4.78 is 0. The summed E-state index contributed by atoms with van der Waals surface area (Å²) in [6.07, 6.45) is 3.52. The molecule has 2 heterocycles. The van der Waals surface area contributed by atoms with Gasteiger partial charge in [0.25, 0.3) is 0 Å². The molecule has 0 saturated carbocycles. The van der Waals surface area contributed by atoms with Gasteiger partial charge in [-0.1, -0.05) is 55.0 Å². The van der Waals surface area contributed by atoms with Crippen LogP contribution in [-0.4, -0.2) is 67.6 Å². The Morgan fingerprint density at radius 2 is 1.67 bits per heavy atom. The van der Waals surface area contributed by atoms with Crippen molar-refractivity contribution >= 4 is 5.91 Å². The molecule has 2 N–H and O–H groups in total. The zero-order chi connectivity index (χ0) is 23.0. The van der Waals surface area contributed by atoms with Crippen molar-refractivity contribution in [3.8, 4) is 17.2 Å². The summed E-state index contributed by atoms with van der Waals surface area (Å²) in [7, 11) is 2.18. The highest BCUT2D eigenvalue weighted by molar-refractivity contribution is 5.82. The largest absolute Gasteiger partial charge is 0.339 e. The van der Waals surface area contributed by atoms with E-state index in [1.807, 2.05) is 0 Å². The third-order valence-corrected chi connectivity index (χ3v) is 6.78. The molecular weight excluding hydrogens is 410 g/mol. The molecule has 2 aromatic carbocycles. The van der Waals surface area contributed by atoms with E-state index in [-0.39, 0.29) is 11.9 Å². The minimum Gasteiger partial charge on any atom is -0.339 e. The second kappa shape index (κ2) is 11.4. The number of piperidine rings is 1. The normalized spacial score (nSPS) is 20.7. The molecule has 2 fully saturated rings. The Morgan fingerprint density at radius 1 is 1.03 bits per heavy atom. The summed E-state index contributed by atoms with van der Waals surface area (Å²) in [5.41, 5.74) is 4.75. The first-order valence-electron chi connectivity index (χ1n) is 12.1. The molecular formula is C27H35N5O. The summed E-state index contributed by atoms with van der Waals surface area (Å²) in [4.78, 5) is 17.3. The number of nitrogens with zero attached hydrogens (tertiary/aromatic N) is 3. The first kappa shape index (κ1) is 23.4. The molecule has 0 spiro atoms. The van der Waals surface area contributed by atoms with Crippen molar-refractivity contribution in [3.63, 3.8) is 0 Å². The van der Waals surface area contributed by atoms with Gasteiger partial charge in [0.05, 0.1) is 12.1 Å². The lowest BCUT2D eigenvalue weighted by Gasteiger charge is -2.32. The highest BCUT2D eigenvalue weighted by Crippen LogP contribution is 2.22. The van der Waals surface area contributed by atoms with Gasteiger partial charge in [0.1, 0.15) is 6.04 Å². The Bertz CT molecular complexity index is 936. The summed E-state index contributed by atoms with van der Waals surface area (Å²) >= 11 is 0. The van der Waals surface area contributed by atoms with E-state index >= 15 is 0 Å². The van der Waals surface area contributed by atoms with Crippen molar-refractivity contribution in [1.29, 1.82) is 5.26 Å². The van der Waals surface area contributed by atoms with E-state index in [9.17, 15) is 10.1 Å². The monoisotopic (exact) mass is 445 g/mol. The maximum absolute atomic E-state index is 12.4. The number of carbonyl (C=O) groups is 1. The van der Waals surface area contributed by atoms with Gasteiger partial charge in [-0.15, -0.1) is 0 Å². The molecule has 0 aromatic heterocycles. The van der Waals surface area contributed by atoms with Gasteiger partial charge in [-0.05, 0) is 48.7 Å². The fourth-order valence-electron chi connectivity index (χ4n) is 4.61. The van der Waals surface area contributed by atoms with Crippen LogP contribution in [0.2, 0.25) is 0 Å². The zero-order valence-electron chi connectivity index (χ0n) is 19.6. The lowest BCUT2D eigenvalue weighted by atomic mass is 9.99. The Balaban J connectivity index is 1.30. The molecule has 0 bridgehead atoms. The maximum Gasteiger partial charge on any atom is 0.238 e. The maximum atomic E-state index is 12.4. The first-order valence-corrected chi connectivity index (χ1v) is 12.1. The van der Waals surface area contributed by atoms with Gasteiger partial charge >= 0.3 is 0 Å². The van der Waals surface area contributed by atoms with E-state index in [4.69, 9.17) is 0 Å². The van der Waals surface area contributed by atoms with Crippen LogP contribution in [0.1, 0.15) is 30.4 Å². The molecule has 4 rings (SSSR count). The molecule has 2 aliphatic rings. The Labute approximate surface area is 197 Å². The topological polar surface area (TPSA) is 71.4 Å². The summed E-state index contributed by atoms with van der Waals surface area (Å²) in [6, 6.07) is 18.7. The average molecular weight is 446 g/mol. The fraction of sp³-hybridized carbons (Fsp3) is 0.481. The number of benzene rings is 2. The smallest absolute Gasteiger partial charge is 0.238 e. The Hall–Kier alpha value is -2.72. The highest BCUT2D eigenvalue weighted by Gasteiger charge is 2.23. The minimum atomic E-state index is -0.513. The van der Waals surface area contributed by atoms with Gasteiger partial charge in [0.2, 0.25) is 5.91 Å². The lowest BCUT2D eigenvalue weighted by molar-refractivity contribution is -0.124. The van der Waals surface area contributed by atoms with E-state index in [1.54, 1.807) is 0 Å². The molecule has 33 heavy (non-hydrogen) atoms. The van der Waals surface area contributed by atoms with E-state index in [0.29, 0.717) is 6.42 Å². The van der Waals surface area contributed by atoms with E-state index < -0.39 is 6.04 Å². The van der Waals surface area contributed by atoms with Gasteiger partial charge in [0.15, 0.2) is 0 Å². The predicted molar refractivity (Wildman–Crippen MR) is 132 cm³/mol. The number of nitrogens with one attached hydrogen (secondary N) is 2.